The first-order valence-electron chi connectivity index (χ1n) is 6.98. The highest BCUT2D eigenvalue weighted by molar-refractivity contribution is 4.95. The molecule has 3 heteroatoms. The Morgan fingerprint density at radius 1 is 1.06 bits per heavy atom. The summed E-state index contributed by atoms with van der Waals surface area (Å²) in [5, 5.41) is 13.4. The molecule has 0 aromatic carbocycles. The maximum atomic E-state index is 9.69. The van der Waals surface area contributed by atoms with E-state index in [1.807, 2.05) is 0 Å². The van der Waals surface area contributed by atoms with Gasteiger partial charge in [0.15, 0.2) is 0 Å². The van der Waals surface area contributed by atoms with Crippen LogP contribution in [0.3, 0.4) is 0 Å². The Kier molecular flexibility index (Phi) is 3.18. The van der Waals surface area contributed by atoms with Crippen LogP contribution in [0.2, 0.25) is 0 Å². The van der Waals surface area contributed by atoms with Gasteiger partial charge in [0.25, 0.3) is 0 Å². The summed E-state index contributed by atoms with van der Waals surface area (Å²) in [5.74, 6) is 0.896. The van der Waals surface area contributed by atoms with Gasteiger partial charge in [0.1, 0.15) is 0 Å². The van der Waals surface area contributed by atoms with Crippen LogP contribution in [0.25, 0.3) is 0 Å². The molecule has 1 aliphatic carbocycles. The molecule has 16 heavy (non-hydrogen) atoms. The zero-order valence-corrected chi connectivity index (χ0v) is 10.1. The van der Waals surface area contributed by atoms with E-state index in [0.717, 1.165) is 25.4 Å². The van der Waals surface area contributed by atoms with E-state index in [2.05, 4.69) is 10.2 Å². The minimum Gasteiger partial charge on any atom is -0.392 e. The molecule has 3 fully saturated rings. The van der Waals surface area contributed by atoms with Crippen molar-refractivity contribution in [2.75, 3.05) is 19.6 Å². The Hall–Kier alpha value is -0.120. The third-order valence-electron chi connectivity index (χ3n) is 4.77. The zero-order chi connectivity index (χ0) is 11.0. The van der Waals surface area contributed by atoms with Gasteiger partial charge in [-0.25, -0.2) is 0 Å². The van der Waals surface area contributed by atoms with Gasteiger partial charge < -0.3 is 10.4 Å². The van der Waals surface area contributed by atoms with Crippen LogP contribution in [-0.4, -0.2) is 47.8 Å². The number of piperazine rings is 1. The van der Waals surface area contributed by atoms with E-state index in [-0.39, 0.29) is 6.10 Å². The Morgan fingerprint density at radius 3 is 2.69 bits per heavy atom. The van der Waals surface area contributed by atoms with Crippen molar-refractivity contribution in [3.8, 4) is 0 Å². The first-order chi connectivity index (χ1) is 7.83. The largest absolute Gasteiger partial charge is 0.392 e. The van der Waals surface area contributed by atoms with Crippen molar-refractivity contribution in [1.82, 2.24) is 10.2 Å². The predicted octanol–water partition coefficient (Wildman–Crippen LogP) is 0.974. The lowest BCUT2D eigenvalue weighted by Crippen LogP contribution is -2.56. The molecule has 0 unspecified atom stereocenters. The summed E-state index contributed by atoms with van der Waals surface area (Å²) >= 11 is 0. The Balaban J connectivity index is 1.58. The van der Waals surface area contributed by atoms with Crippen molar-refractivity contribution in [2.24, 2.45) is 5.92 Å². The van der Waals surface area contributed by atoms with Gasteiger partial charge in [0.2, 0.25) is 0 Å². The fourth-order valence-electron chi connectivity index (χ4n) is 3.85. The number of hydrogen-bond donors (Lipinski definition) is 2. The molecule has 0 bridgehead atoms. The van der Waals surface area contributed by atoms with Crippen LogP contribution in [0.1, 0.15) is 38.5 Å². The second-order valence-corrected chi connectivity index (χ2v) is 5.91. The molecular weight excluding hydrogens is 200 g/mol. The third-order valence-corrected chi connectivity index (χ3v) is 4.77. The second kappa shape index (κ2) is 4.63. The summed E-state index contributed by atoms with van der Waals surface area (Å²) in [6, 6.07) is 1.30. The highest BCUT2D eigenvalue weighted by Gasteiger charge is 2.37. The van der Waals surface area contributed by atoms with Crippen molar-refractivity contribution in [1.29, 1.82) is 0 Å². The minimum absolute atomic E-state index is 0.0723. The van der Waals surface area contributed by atoms with Gasteiger partial charge in [-0.05, 0) is 25.2 Å². The first-order valence-corrected chi connectivity index (χ1v) is 6.98. The van der Waals surface area contributed by atoms with E-state index >= 15 is 0 Å². The molecule has 0 aromatic rings. The van der Waals surface area contributed by atoms with Gasteiger partial charge in [0, 0.05) is 31.7 Å². The van der Waals surface area contributed by atoms with E-state index < -0.39 is 0 Å². The average molecular weight is 224 g/mol. The van der Waals surface area contributed by atoms with Crippen molar-refractivity contribution in [3.05, 3.63) is 0 Å². The van der Waals surface area contributed by atoms with Crippen LogP contribution in [0.5, 0.6) is 0 Å². The molecule has 3 aliphatic rings. The lowest BCUT2D eigenvalue weighted by molar-refractivity contribution is 0.120. The Morgan fingerprint density at radius 2 is 1.88 bits per heavy atom. The zero-order valence-electron chi connectivity index (χ0n) is 10.1. The fraction of sp³-hybridized carbons (Fsp3) is 1.00. The van der Waals surface area contributed by atoms with Gasteiger partial charge in [-0.15, -0.1) is 0 Å². The van der Waals surface area contributed by atoms with Crippen LogP contribution in [0.15, 0.2) is 0 Å². The van der Waals surface area contributed by atoms with Crippen LogP contribution in [0, 0.1) is 5.92 Å². The molecule has 2 saturated heterocycles. The van der Waals surface area contributed by atoms with Gasteiger partial charge in [-0.1, -0.05) is 19.3 Å². The van der Waals surface area contributed by atoms with E-state index in [1.165, 1.54) is 38.6 Å². The van der Waals surface area contributed by atoms with Crippen LogP contribution < -0.4 is 5.32 Å². The van der Waals surface area contributed by atoms with E-state index in [9.17, 15) is 5.11 Å². The highest BCUT2D eigenvalue weighted by atomic mass is 16.3. The molecule has 0 spiro atoms. The monoisotopic (exact) mass is 224 g/mol. The molecule has 3 atom stereocenters. The number of nitrogens with zero attached hydrogens (tertiary/aromatic N) is 1. The fourth-order valence-corrected chi connectivity index (χ4v) is 3.85. The van der Waals surface area contributed by atoms with Gasteiger partial charge in [-0.3, -0.25) is 4.90 Å². The summed E-state index contributed by atoms with van der Waals surface area (Å²) in [7, 11) is 0. The average Bonchev–Trinajstić information content (AvgIpc) is 2.69. The molecule has 3 nitrogen and oxygen atoms in total. The molecule has 2 N–H and O–H groups in total. The van der Waals surface area contributed by atoms with Gasteiger partial charge in [-0.2, -0.15) is 0 Å². The van der Waals surface area contributed by atoms with Crippen LogP contribution in [-0.2, 0) is 0 Å². The minimum atomic E-state index is -0.0723. The lowest BCUT2D eigenvalue weighted by Gasteiger charge is -2.40. The first kappa shape index (κ1) is 11.0. The number of aliphatic hydroxyl groups excluding tert-OH is 1. The third kappa shape index (κ3) is 2.13. The quantitative estimate of drug-likeness (QED) is 0.697. The van der Waals surface area contributed by atoms with Gasteiger partial charge >= 0.3 is 0 Å². The Labute approximate surface area is 98.2 Å². The molecule has 2 aliphatic heterocycles. The standard InChI is InChI=1S/C13H24N2O/c16-12-6-11-7-14-13(9-15(11)8-12)10-4-2-1-3-5-10/h10-14,16H,1-9H2/t11-,12+,13+/m0/s1. The summed E-state index contributed by atoms with van der Waals surface area (Å²) in [6.07, 6.45) is 8.02. The summed E-state index contributed by atoms with van der Waals surface area (Å²) in [4.78, 5) is 2.51. The van der Waals surface area contributed by atoms with Crippen LogP contribution >= 0.6 is 0 Å². The summed E-state index contributed by atoms with van der Waals surface area (Å²) in [5.41, 5.74) is 0. The Bertz CT molecular complexity index is 240. The van der Waals surface area contributed by atoms with Crippen molar-refractivity contribution >= 4 is 0 Å². The molecular formula is C13H24N2O. The van der Waals surface area contributed by atoms with E-state index in [0.29, 0.717) is 12.1 Å². The molecule has 2 heterocycles. The number of hydrogen-bond acceptors (Lipinski definition) is 3. The molecule has 0 aromatic heterocycles. The number of rotatable bonds is 1. The van der Waals surface area contributed by atoms with Crippen molar-refractivity contribution in [3.63, 3.8) is 0 Å². The lowest BCUT2D eigenvalue weighted by atomic mass is 9.83. The smallest absolute Gasteiger partial charge is 0.0682 e. The summed E-state index contributed by atoms with van der Waals surface area (Å²) < 4.78 is 0. The number of fused-ring (bicyclic) bond motifs is 1. The van der Waals surface area contributed by atoms with Gasteiger partial charge in [0.05, 0.1) is 6.10 Å². The van der Waals surface area contributed by atoms with E-state index in [1.54, 1.807) is 0 Å². The second-order valence-electron chi connectivity index (χ2n) is 5.91. The predicted molar refractivity (Wildman–Crippen MR) is 64.4 cm³/mol. The molecule has 3 rings (SSSR count). The maximum Gasteiger partial charge on any atom is 0.0682 e. The molecule has 0 amide bonds. The maximum absolute atomic E-state index is 9.69. The van der Waals surface area contributed by atoms with E-state index in [4.69, 9.17) is 0 Å². The van der Waals surface area contributed by atoms with Crippen molar-refractivity contribution < 1.29 is 5.11 Å². The molecule has 0 radical (unpaired) electrons. The normalized spacial score (nSPS) is 42.2. The number of aliphatic hydroxyl groups is 1. The highest BCUT2D eigenvalue weighted by Crippen LogP contribution is 2.30. The molecule has 1 saturated carbocycles. The molecule has 92 valence electrons. The summed E-state index contributed by atoms with van der Waals surface area (Å²) in [6.45, 7) is 3.18. The SMILES string of the molecule is O[C@@H]1C[C@H]2CN[C@@H](C3CCCCC3)CN2C1. The van der Waals surface area contributed by atoms with Crippen LogP contribution in [0.4, 0.5) is 0 Å². The van der Waals surface area contributed by atoms with Crippen molar-refractivity contribution in [2.45, 2.75) is 56.7 Å². The number of nitrogens with one attached hydrogen (secondary N) is 1. The topological polar surface area (TPSA) is 35.5 Å².